The summed E-state index contributed by atoms with van der Waals surface area (Å²) in [4.78, 5) is 0. The smallest absolute Gasteiger partial charge is 0.148 e. The maximum absolute atomic E-state index is 13.8. The Balaban J connectivity index is 2.20. The van der Waals surface area contributed by atoms with Crippen LogP contribution in [0.5, 0.6) is 0 Å². The number of aromatic nitrogens is 2. The number of anilines is 1. The lowest BCUT2D eigenvalue weighted by atomic mass is 9.87. The normalized spacial score (nSPS) is 16.8. The fourth-order valence-electron chi connectivity index (χ4n) is 2.75. The Morgan fingerprint density at radius 2 is 2.06 bits per heavy atom. The van der Waals surface area contributed by atoms with E-state index in [0.717, 1.165) is 24.1 Å². The van der Waals surface area contributed by atoms with Crippen LogP contribution in [0.3, 0.4) is 0 Å². The number of nitrogens with zero attached hydrogens (tertiary/aromatic N) is 2. The van der Waals surface area contributed by atoms with E-state index in [0.29, 0.717) is 11.5 Å². The van der Waals surface area contributed by atoms with Crippen molar-refractivity contribution in [3.05, 3.63) is 41.3 Å². The number of halogens is 1. The van der Waals surface area contributed by atoms with Crippen LogP contribution in [0.1, 0.15) is 31.5 Å². The Hall–Kier alpha value is -1.84. The van der Waals surface area contributed by atoms with Crippen molar-refractivity contribution in [1.82, 2.24) is 9.78 Å². The highest BCUT2D eigenvalue weighted by Crippen LogP contribution is 2.42. The number of aryl methyl sites for hydroxylation is 1. The third-order valence-corrected chi connectivity index (χ3v) is 3.74. The summed E-state index contributed by atoms with van der Waals surface area (Å²) in [5.74, 6) is 0.265. The summed E-state index contributed by atoms with van der Waals surface area (Å²) in [6, 6.07) is 6.57. The van der Waals surface area contributed by atoms with Crippen LogP contribution in [0.15, 0.2) is 24.3 Å². The molecule has 0 bridgehead atoms. The van der Waals surface area contributed by atoms with E-state index in [-0.39, 0.29) is 11.2 Å². The van der Waals surface area contributed by atoms with Gasteiger partial charge in [0.15, 0.2) is 0 Å². The lowest BCUT2D eigenvalue weighted by molar-refractivity contribution is 0.518. The largest absolute Gasteiger partial charge is 0.383 e. The highest BCUT2D eigenvalue weighted by atomic mass is 19.1. The van der Waals surface area contributed by atoms with Gasteiger partial charge in [-0.15, -0.1) is 0 Å². The van der Waals surface area contributed by atoms with Crippen LogP contribution in [-0.4, -0.2) is 9.78 Å². The van der Waals surface area contributed by atoms with E-state index in [1.54, 1.807) is 18.2 Å². The van der Waals surface area contributed by atoms with Gasteiger partial charge in [0, 0.05) is 5.56 Å². The first-order valence-corrected chi connectivity index (χ1v) is 6.13. The molecule has 0 saturated carbocycles. The summed E-state index contributed by atoms with van der Waals surface area (Å²) in [6.45, 7) is 4.31. The van der Waals surface area contributed by atoms with Crippen molar-refractivity contribution in [2.45, 2.75) is 32.1 Å². The van der Waals surface area contributed by atoms with Crippen molar-refractivity contribution < 1.29 is 4.39 Å². The van der Waals surface area contributed by atoms with E-state index in [4.69, 9.17) is 5.73 Å². The van der Waals surface area contributed by atoms with Gasteiger partial charge in [0.1, 0.15) is 17.3 Å². The zero-order valence-electron chi connectivity index (χ0n) is 10.6. The van der Waals surface area contributed by atoms with E-state index < -0.39 is 0 Å². The minimum atomic E-state index is -0.303. The summed E-state index contributed by atoms with van der Waals surface area (Å²) < 4.78 is 15.3. The van der Waals surface area contributed by atoms with Crippen LogP contribution in [-0.2, 0) is 11.8 Å². The van der Waals surface area contributed by atoms with Crippen LogP contribution in [0.25, 0.3) is 5.69 Å². The number of fused-ring (bicyclic) bond motifs is 1. The Morgan fingerprint density at radius 3 is 2.72 bits per heavy atom. The first kappa shape index (κ1) is 11.3. The first-order valence-electron chi connectivity index (χ1n) is 6.13. The summed E-state index contributed by atoms with van der Waals surface area (Å²) in [5, 5.41) is 4.47. The molecule has 0 atom stereocenters. The third-order valence-electron chi connectivity index (χ3n) is 3.74. The van der Waals surface area contributed by atoms with Gasteiger partial charge in [-0.1, -0.05) is 26.0 Å². The summed E-state index contributed by atoms with van der Waals surface area (Å²) >= 11 is 0. The fourth-order valence-corrected chi connectivity index (χ4v) is 2.75. The predicted molar refractivity (Wildman–Crippen MR) is 69.3 cm³/mol. The van der Waals surface area contributed by atoms with E-state index in [2.05, 4.69) is 18.9 Å². The van der Waals surface area contributed by atoms with Gasteiger partial charge in [0.2, 0.25) is 0 Å². The van der Waals surface area contributed by atoms with E-state index >= 15 is 0 Å². The molecular formula is C14H16FN3. The van der Waals surface area contributed by atoms with Gasteiger partial charge in [0.05, 0.1) is 5.69 Å². The Morgan fingerprint density at radius 1 is 1.33 bits per heavy atom. The number of nitrogen functional groups attached to an aromatic ring is 1. The second kappa shape index (κ2) is 3.57. The van der Waals surface area contributed by atoms with Gasteiger partial charge < -0.3 is 5.73 Å². The molecule has 0 spiro atoms. The van der Waals surface area contributed by atoms with Gasteiger partial charge in [-0.3, -0.25) is 0 Å². The van der Waals surface area contributed by atoms with E-state index in [1.165, 1.54) is 10.7 Å². The first-order chi connectivity index (χ1) is 8.50. The lowest BCUT2D eigenvalue weighted by Crippen LogP contribution is -2.15. The number of rotatable bonds is 1. The topological polar surface area (TPSA) is 43.8 Å². The Bertz CT molecular complexity index is 613. The molecule has 1 aromatic heterocycles. The van der Waals surface area contributed by atoms with E-state index in [9.17, 15) is 4.39 Å². The van der Waals surface area contributed by atoms with Crippen LogP contribution < -0.4 is 5.73 Å². The minimum absolute atomic E-state index is 0.0307. The number of hydrogen-bond donors (Lipinski definition) is 1. The molecule has 1 heterocycles. The summed E-state index contributed by atoms with van der Waals surface area (Å²) in [6.07, 6.45) is 1.96. The summed E-state index contributed by atoms with van der Waals surface area (Å²) in [5.41, 5.74) is 8.69. The molecule has 94 valence electrons. The molecule has 4 heteroatoms. The predicted octanol–water partition coefficient (Wildman–Crippen LogP) is 2.82. The Labute approximate surface area is 105 Å². The van der Waals surface area contributed by atoms with Crippen molar-refractivity contribution in [2.75, 3.05) is 5.73 Å². The summed E-state index contributed by atoms with van der Waals surface area (Å²) in [7, 11) is 0. The molecule has 18 heavy (non-hydrogen) atoms. The van der Waals surface area contributed by atoms with Crippen LogP contribution in [0.4, 0.5) is 10.2 Å². The zero-order valence-corrected chi connectivity index (χ0v) is 10.6. The van der Waals surface area contributed by atoms with Crippen LogP contribution in [0.2, 0.25) is 0 Å². The quantitative estimate of drug-likeness (QED) is 0.839. The molecule has 0 saturated heterocycles. The molecule has 2 N–H and O–H groups in total. The molecular weight excluding hydrogens is 229 g/mol. The van der Waals surface area contributed by atoms with Crippen LogP contribution in [0, 0.1) is 5.82 Å². The van der Waals surface area contributed by atoms with Gasteiger partial charge in [-0.25, -0.2) is 9.07 Å². The van der Waals surface area contributed by atoms with Gasteiger partial charge in [0.25, 0.3) is 0 Å². The molecule has 3 rings (SSSR count). The van der Waals surface area contributed by atoms with Crippen molar-refractivity contribution in [1.29, 1.82) is 0 Å². The number of hydrogen-bond acceptors (Lipinski definition) is 2. The van der Waals surface area contributed by atoms with Gasteiger partial charge >= 0.3 is 0 Å². The van der Waals surface area contributed by atoms with Gasteiger partial charge in [-0.2, -0.15) is 5.10 Å². The average molecular weight is 245 g/mol. The average Bonchev–Trinajstić information content (AvgIpc) is 2.80. The molecule has 3 nitrogen and oxygen atoms in total. The SMILES string of the molecule is CC1(C)CCc2nn(-c3ccccc3F)c(N)c21. The molecule has 0 unspecified atom stereocenters. The highest BCUT2D eigenvalue weighted by Gasteiger charge is 2.36. The van der Waals surface area contributed by atoms with Crippen molar-refractivity contribution in [3.63, 3.8) is 0 Å². The third kappa shape index (κ3) is 1.45. The fraction of sp³-hybridized carbons (Fsp3) is 0.357. The molecule has 0 radical (unpaired) electrons. The number of benzene rings is 1. The van der Waals surface area contributed by atoms with Crippen molar-refractivity contribution in [3.8, 4) is 5.69 Å². The maximum atomic E-state index is 13.8. The Kier molecular flexibility index (Phi) is 2.24. The standard InChI is InChI=1S/C14H16FN3/c1-14(2)8-7-10-12(14)13(16)18(17-10)11-6-4-3-5-9(11)15/h3-6H,7-8,16H2,1-2H3. The number of nitrogens with two attached hydrogens (primary N) is 1. The minimum Gasteiger partial charge on any atom is -0.383 e. The number of para-hydroxylation sites is 1. The molecule has 1 aliphatic rings. The van der Waals surface area contributed by atoms with Crippen molar-refractivity contribution in [2.24, 2.45) is 0 Å². The molecule has 0 fully saturated rings. The van der Waals surface area contributed by atoms with Crippen molar-refractivity contribution >= 4 is 5.82 Å². The highest BCUT2D eigenvalue weighted by molar-refractivity contribution is 5.55. The van der Waals surface area contributed by atoms with Crippen LogP contribution >= 0.6 is 0 Å². The zero-order chi connectivity index (χ0) is 12.9. The second-order valence-corrected chi connectivity index (χ2v) is 5.45. The monoisotopic (exact) mass is 245 g/mol. The lowest BCUT2D eigenvalue weighted by Gasteiger charge is -2.18. The van der Waals surface area contributed by atoms with E-state index in [1.807, 2.05) is 0 Å². The molecule has 2 aromatic rings. The van der Waals surface area contributed by atoms with Gasteiger partial charge in [-0.05, 0) is 30.4 Å². The molecule has 0 amide bonds. The maximum Gasteiger partial charge on any atom is 0.148 e. The molecule has 0 aliphatic heterocycles. The molecule has 1 aromatic carbocycles. The second-order valence-electron chi connectivity index (χ2n) is 5.45. The molecule has 1 aliphatic carbocycles.